The Kier molecular flexibility index (Phi) is 2.04. The highest BCUT2D eigenvalue weighted by atomic mass is 16.5. The van der Waals surface area contributed by atoms with E-state index in [4.69, 9.17) is 4.74 Å². The molecule has 0 aliphatic heterocycles. The van der Waals surface area contributed by atoms with Crippen LogP contribution in [-0.4, -0.2) is 11.7 Å². The summed E-state index contributed by atoms with van der Waals surface area (Å²) in [6, 6.07) is 0. The first-order valence-corrected chi connectivity index (χ1v) is 4.21. The van der Waals surface area contributed by atoms with Gasteiger partial charge >= 0.3 is 0 Å². The number of hydrogen-bond donors (Lipinski definition) is 0. The first-order valence-electron chi connectivity index (χ1n) is 4.21. The Balaban J connectivity index is 2.18. The largest absolute Gasteiger partial charge is 0.372 e. The zero-order valence-corrected chi connectivity index (χ0v) is 7.48. The Morgan fingerprint density at radius 2 is 2.00 bits per heavy atom. The highest BCUT2D eigenvalue weighted by Gasteiger charge is 2.38. The van der Waals surface area contributed by atoms with Crippen LogP contribution in [0.1, 0.15) is 40.5 Å². The molecule has 0 heterocycles. The van der Waals surface area contributed by atoms with Crippen molar-refractivity contribution in [2.24, 2.45) is 5.92 Å². The molecule has 0 bridgehead atoms. The lowest BCUT2D eigenvalue weighted by Gasteiger charge is -2.19. The Morgan fingerprint density at radius 3 is 2.30 bits per heavy atom. The maximum absolute atomic E-state index is 5.75. The third-order valence-electron chi connectivity index (χ3n) is 1.89. The first-order chi connectivity index (χ1) is 4.53. The summed E-state index contributed by atoms with van der Waals surface area (Å²) in [5, 5.41) is 0. The van der Waals surface area contributed by atoms with E-state index < -0.39 is 0 Å². The second kappa shape index (κ2) is 2.54. The van der Waals surface area contributed by atoms with E-state index in [1.807, 2.05) is 0 Å². The van der Waals surface area contributed by atoms with Crippen LogP contribution in [0, 0.1) is 5.92 Å². The predicted molar refractivity (Wildman–Crippen MR) is 43.0 cm³/mol. The summed E-state index contributed by atoms with van der Waals surface area (Å²) in [6.07, 6.45) is 3.14. The number of ether oxygens (including phenoxy) is 1. The fraction of sp³-hybridized carbons (Fsp3) is 1.00. The molecule has 2 unspecified atom stereocenters. The molecule has 0 aromatic rings. The topological polar surface area (TPSA) is 9.23 Å². The molecular formula is C9H18O. The minimum Gasteiger partial charge on any atom is -0.372 e. The van der Waals surface area contributed by atoms with Crippen LogP contribution < -0.4 is 0 Å². The SMILES string of the molecule is CCC1CC1OC(C)(C)C. The van der Waals surface area contributed by atoms with E-state index >= 15 is 0 Å². The van der Waals surface area contributed by atoms with E-state index in [0.29, 0.717) is 6.10 Å². The Hall–Kier alpha value is -0.0400. The van der Waals surface area contributed by atoms with Gasteiger partial charge in [-0.2, -0.15) is 0 Å². The maximum Gasteiger partial charge on any atom is 0.0614 e. The summed E-state index contributed by atoms with van der Waals surface area (Å²) in [7, 11) is 0. The van der Waals surface area contributed by atoms with Crippen LogP contribution >= 0.6 is 0 Å². The van der Waals surface area contributed by atoms with Gasteiger partial charge in [0.1, 0.15) is 0 Å². The fourth-order valence-corrected chi connectivity index (χ4v) is 1.25. The molecule has 1 heteroatoms. The van der Waals surface area contributed by atoms with Crippen molar-refractivity contribution in [3.8, 4) is 0 Å². The van der Waals surface area contributed by atoms with E-state index in [1.165, 1.54) is 12.8 Å². The zero-order valence-electron chi connectivity index (χ0n) is 7.48. The Bertz CT molecular complexity index is 112. The van der Waals surface area contributed by atoms with Gasteiger partial charge in [0.25, 0.3) is 0 Å². The van der Waals surface area contributed by atoms with Crippen molar-refractivity contribution in [3.05, 3.63) is 0 Å². The number of hydrogen-bond acceptors (Lipinski definition) is 1. The first kappa shape index (κ1) is 8.06. The quantitative estimate of drug-likeness (QED) is 0.576. The molecule has 1 aliphatic rings. The molecule has 1 saturated carbocycles. The van der Waals surface area contributed by atoms with Crippen molar-refractivity contribution in [3.63, 3.8) is 0 Å². The van der Waals surface area contributed by atoms with Crippen molar-refractivity contribution in [2.45, 2.75) is 52.2 Å². The third-order valence-corrected chi connectivity index (χ3v) is 1.89. The van der Waals surface area contributed by atoms with Gasteiger partial charge in [0.05, 0.1) is 11.7 Å². The van der Waals surface area contributed by atoms with Gasteiger partial charge in [-0.05, 0) is 33.1 Å². The highest BCUT2D eigenvalue weighted by Crippen LogP contribution is 2.38. The van der Waals surface area contributed by atoms with Gasteiger partial charge < -0.3 is 4.74 Å². The molecule has 0 amide bonds. The van der Waals surface area contributed by atoms with Gasteiger partial charge in [-0.3, -0.25) is 0 Å². The van der Waals surface area contributed by atoms with Crippen molar-refractivity contribution >= 4 is 0 Å². The van der Waals surface area contributed by atoms with Crippen molar-refractivity contribution in [1.29, 1.82) is 0 Å². The molecule has 0 aromatic carbocycles. The van der Waals surface area contributed by atoms with Gasteiger partial charge in [-0.15, -0.1) is 0 Å². The smallest absolute Gasteiger partial charge is 0.0614 e. The monoisotopic (exact) mass is 142 g/mol. The molecule has 2 atom stereocenters. The van der Waals surface area contributed by atoms with E-state index in [9.17, 15) is 0 Å². The molecule has 1 aliphatic carbocycles. The lowest BCUT2D eigenvalue weighted by molar-refractivity contribution is -0.0218. The second-order valence-electron chi connectivity index (χ2n) is 4.17. The maximum atomic E-state index is 5.75. The van der Waals surface area contributed by atoms with E-state index in [1.54, 1.807) is 0 Å². The molecule has 10 heavy (non-hydrogen) atoms. The fourth-order valence-electron chi connectivity index (χ4n) is 1.25. The van der Waals surface area contributed by atoms with Crippen LogP contribution in [0.3, 0.4) is 0 Å². The molecule has 0 N–H and O–H groups in total. The van der Waals surface area contributed by atoms with Gasteiger partial charge in [-0.1, -0.05) is 13.3 Å². The summed E-state index contributed by atoms with van der Waals surface area (Å²) in [5.74, 6) is 0.860. The van der Waals surface area contributed by atoms with E-state index in [-0.39, 0.29) is 5.60 Å². The summed E-state index contributed by atoms with van der Waals surface area (Å²) in [5.41, 5.74) is 0.0641. The zero-order chi connectivity index (χ0) is 7.78. The third kappa shape index (κ3) is 2.30. The van der Waals surface area contributed by atoms with Crippen LogP contribution in [-0.2, 0) is 4.74 Å². The molecule has 60 valence electrons. The molecule has 1 rings (SSSR count). The minimum absolute atomic E-state index is 0.0641. The van der Waals surface area contributed by atoms with Crippen molar-refractivity contribution in [1.82, 2.24) is 0 Å². The number of rotatable bonds is 2. The van der Waals surface area contributed by atoms with Crippen LogP contribution in [0.2, 0.25) is 0 Å². The summed E-state index contributed by atoms with van der Waals surface area (Å²) in [6.45, 7) is 8.60. The normalized spacial score (nSPS) is 32.4. The molecular weight excluding hydrogens is 124 g/mol. The van der Waals surface area contributed by atoms with Crippen molar-refractivity contribution in [2.75, 3.05) is 0 Å². The highest BCUT2D eigenvalue weighted by molar-refractivity contribution is 4.88. The molecule has 0 spiro atoms. The van der Waals surface area contributed by atoms with Gasteiger partial charge in [0, 0.05) is 0 Å². The minimum atomic E-state index is 0.0641. The molecule has 0 saturated heterocycles. The van der Waals surface area contributed by atoms with Crippen LogP contribution in [0.25, 0.3) is 0 Å². The average Bonchev–Trinajstić information content (AvgIpc) is 2.42. The Labute approximate surface area is 63.8 Å². The van der Waals surface area contributed by atoms with Crippen LogP contribution in [0.15, 0.2) is 0 Å². The van der Waals surface area contributed by atoms with Crippen LogP contribution in [0.5, 0.6) is 0 Å². The summed E-state index contributed by atoms with van der Waals surface area (Å²) >= 11 is 0. The second-order valence-corrected chi connectivity index (χ2v) is 4.17. The van der Waals surface area contributed by atoms with Gasteiger partial charge in [0.15, 0.2) is 0 Å². The van der Waals surface area contributed by atoms with Gasteiger partial charge in [-0.25, -0.2) is 0 Å². The van der Waals surface area contributed by atoms with E-state index in [0.717, 1.165) is 5.92 Å². The lowest BCUT2D eigenvalue weighted by Crippen LogP contribution is -2.21. The predicted octanol–water partition coefficient (Wildman–Crippen LogP) is 2.60. The van der Waals surface area contributed by atoms with Gasteiger partial charge in [0.2, 0.25) is 0 Å². The summed E-state index contributed by atoms with van der Waals surface area (Å²) in [4.78, 5) is 0. The lowest BCUT2D eigenvalue weighted by atomic mass is 10.2. The molecule has 1 nitrogen and oxygen atoms in total. The van der Waals surface area contributed by atoms with Crippen molar-refractivity contribution < 1.29 is 4.74 Å². The molecule has 1 fully saturated rings. The van der Waals surface area contributed by atoms with E-state index in [2.05, 4.69) is 27.7 Å². The standard InChI is InChI=1S/C9H18O/c1-5-7-6-8(7)10-9(2,3)4/h7-8H,5-6H2,1-4H3. The summed E-state index contributed by atoms with van der Waals surface area (Å²) < 4.78 is 5.75. The average molecular weight is 142 g/mol. The molecule has 0 radical (unpaired) electrons. The van der Waals surface area contributed by atoms with Crippen LogP contribution in [0.4, 0.5) is 0 Å². The Morgan fingerprint density at radius 1 is 1.40 bits per heavy atom. The molecule has 0 aromatic heterocycles.